The van der Waals surface area contributed by atoms with Gasteiger partial charge < -0.3 is 5.32 Å². The fraction of sp³-hybridized carbons (Fsp3) is 0.500. The summed E-state index contributed by atoms with van der Waals surface area (Å²) >= 11 is 0. The van der Waals surface area contributed by atoms with Gasteiger partial charge in [-0.1, -0.05) is 0 Å². The number of hydrogen-bond acceptors (Lipinski definition) is 3. The number of carbonyl (C=O) groups is 1. The molecule has 2 heterocycles. The van der Waals surface area contributed by atoms with E-state index in [0.29, 0.717) is 6.42 Å². The number of rotatable bonds is 2. The van der Waals surface area contributed by atoms with E-state index in [0.717, 1.165) is 31.3 Å². The Morgan fingerprint density at radius 1 is 1.53 bits per heavy atom. The third-order valence-electron chi connectivity index (χ3n) is 3.16. The van der Waals surface area contributed by atoms with Crippen LogP contribution >= 0.6 is 0 Å². The maximum Gasteiger partial charge on any atom is 0.416 e. The van der Waals surface area contributed by atoms with Crippen molar-refractivity contribution in [3.05, 3.63) is 23.9 Å². The first-order valence-electron chi connectivity index (χ1n) is 5.92. The number of anilines is 1. The zero-order valence-corrected chi connectivity index (χ0v) is 10.4. The molecule has 0 bridgehead atoms. The van der Waals surface area contributed by atoms with Gasteiger partial charge in [0.2, 0.25) is 5.91 Å². The van der Waals surface area contributed by atoms with Gasteiger partial charge in [0.15, 0.2) is 0 Å². The Balaban J connectivity index is 2.09. The van der Waals surface area contributed by atoms with Crippen LogP contribution in [0.25, 0.3) is 0 Å². The number of halogens is 3. The number of nitrogens with one attached hydrogen (secondary N) is 1. The van der Waals surface area contributed by atoms with E-state index in [-0.39, 0.29) is 17.8 Å². The summed E-state index contributed by atoms with van der Waals surface area (Å²) < 4.78 is 37.6. The Morgan fingerprint density at radius 2 is 2.26 bits per heavy atom. The fourth-order valence-corrected chi connectivity index (χ4v) is 2.13. The number of carbonyl (C=O) groups excluding carboxylic acids is 1. The third-order valence-corrected chi connectivity index (χ3v) is 3.16. The predicted octanol–water partition coefficient (Wildman–Crippen LogP) is 2.13. The molecule has 2 rings (SSSR count). The second kappa shape index (κ2) is 5.16. The van der Waals surface area contributed by atoms with Gasteiger partial charge in [0.1, 0.15) is 5.82 Å². The largest absolute Gasteiger partial charge is 0.416 e. The zero-order valence-electron chi connectivity index (χ0n) is 10.4. The molecular formula is C12H14F3N3O. The van der Waals surface area contributed by atoms with E-state index in [2.05, 4.69) is 10.3 Å². The van der Waals surface area contributed by atoms with Crippen molar-refractivity contribution in [1.82, 2.24) is 9.88 Å². The highest BCUT2D eigenvalue weighted by Crippen LogP contribution is 2.30. The summed E-state index contributed by atoms with van der Waals surface area (Å²) in [6, 6.07) is 1.42. The molecule has 104 valence electrons. The molecule has 0 aromatic carbocycles. The van der Waals surface area contributed by atoms with Crippen molar-refractivity contribution >= 4 is 11.7 Å². The van der Waals surface area contributed by atoms with Gasteiger partial charge >= 0.3 is 6.18 Å². The van der Waals surface area contributed by atoms with Gasteiger partial charge in [-0.05, 0) is 38.6 Å². The lowest BCUT2D eigenvalue weighted by atomic mass is 10.2. The monoisotopic (exact) mass is 273 g/mol. The van der Waals surface area contributed by atoms with Crippen LogP contribution in [0.3, 0.4) is 0 Å². The van der Waals surface area contributed by atoms with Crippen LogP contribution in [0.2, 0.25) is 0 Å². The molecule has 1 N–H and O–H groups in total. The van der Waals surface area contributed by atoms with Gasteiger partial charge in [-0.2, -0.15) is 13.2 Å². The van der Waals surface area contributed by atoms with Crippen LogP contribution in [0.15, 0.2) is 18.3 Å². The molecule has 1 aliphatic rings. The maximum absolute atomic E-state index is 12.5. The Morgan fingerprint density at radius 3 is 2.84 bits per heavy atom. The lowest BCUT2D eigenvalue weighted by Crippen LogP contribution is -2.37. The minimum atomic E-state index is -4.44. The molecule has 7 heteroatoms. The van der Waals surface area contributed by atoms with Crippen molar-refractivity contribution < 1.29 is 18.0 Å². The summed E-state index contributed by atoms with van der Waals surface area (Å²) in [5.74, 6) is -0.382. The Labute approximate surface area is 108 Å². The minimum absolute atomic E-state index is 0.0693. The van der Waals surface area contributed by atoms with Crippen LogP contribution in [0, 0.1) is 0 Å². The molecule has 1 unspecified atom stereocenters. The normalized spacial score (nSPS) is 20.5. The number of amides is 1. The number of pyridine rings is 1. The summed E-state index contributed by atoms with van der Waals surface area (Å²) in [6.07, 6.45) is -1.78. The van der Waals surface area contributed by atoms with Crippen LogP contribution < -0.4 is 5.32 Å². The first kappa shape index (κ1) is 13.8. The fourth-order valence-electron chi connectivity index (χ4n) is 2.13. The predicted molar refractivity (Wildman–Crippen MR) is 63.5 cm³/mol. The van der Waals surface area contributed by atoms with E-state index in [9.17, 15) is 18.0 Å². The average Bonchev–Trinajstić information content (AvgIpc) is 2.75. The first-order chi connectivity index (χ1) is 8.88. The third kappa shape index (κ3) is 3.23. The molecule has 1 amide bonds. The van der Waals surface area contributed by atoms with E-state index in [1.807, 2.05) is 11.9 Å². The van der Waals surface area contributed by atoms with Crippen molar-refractivity contribution in [3.8, 4) is 0 Å². The van der Waals surface area contributed by atoms with Crippen molar-refractivity contribution in [2.24, 2.45) is 0 Å². The van der Waals surface area contributed by atoms with Crippen molar-refractivity contribution in [1.29, 1.82) is 0 Å². The molecule has 0 spiro atoms. The van der Waals surface area contributed by atoms with Crippen LogP contribution in [0.1, 0.15) is 18.4 Å². The minimum Gasteiger partial charge on any atom is -0.309 e. The van der Waals surface area contributed by atoms with Gasteiger partial charge in [-0.3, -0.25) is 9.69 Å². The second-order valence-electron chi connectivity index (χ2n) is 4.56. The summed E-state index contributed by atoms with van der Waals surface area (Å²) in [5.41, 5.74) is -0.822. The molecule has 0 radical (unpaired) electrons. The van der Waals surface area contributed by atoms with Crippen LogP contribution in [0.4, 0.5) is 19.0 Å². The first-order valence-corrected chi connectivity index (χ1v) is 5.92. The van der Waals surface area contributed by atoms with E-state index >= 15 is 0 Å². The molecule has 1 aromatic heterocycles. The average molecular weight is 273 g/mol. The highest BCUT2D eigenvalue weighted by molar-refractivity contribution is 5.94. The highest BCUT2D eigenvalue weighted by Gasteiger charge is 2.32. The Bertz CT molecular complexity index is 476. The molecule has 1 aliphatic heterocycles. The van der Waals surface area contributed by atoms with Crippen LogP contribution in [-0.2, 0) is 11.0 Å². The molecule has 0 aliphatic carbocycles. The number of likely N-dealkylation sites (tertiary alicyclic amines) is 1. The van der Waals surface area contributed by atoms with Crippen LogP contribution in [-0.4, -0.2) is 35.4 Å². The molecule has 0 saturated carbocycles. The number of nitrogens with zero attached hydrogens (tertiary/aromatic N) is 2. The summed E-state index contributed by atoms with van der Waals surface area (Å²) in [7, 11) is 1.82. The maximum atomic E-state index is 12.5. The summed E-state index contributed by atoms with van der Waals surface area (Å²) in [6.45, 7) is 0.814. The molecule has 1 saturated heterocycles. The van der Waals surface area contributed by atoms with Gasteiger partial charge in [-0.15, -0.1) is 0 Å². The van der Waals surface area contributed by atoms with Crippen LogP contribution in [0.5, 0.6) is 0 Å². The Kier molecular flexibility index (Phi) is 3.75. The van der Waals surface area contributed by atoms with E-state index in [1.165, 1.54) is 0 Å². The van der Waals surface area contributed by atoms with Gasteiger partial charge in [0.25, 0.3) is 0 Å². The van der Waals surface area contributed by atoms with Gasteiger partial charge in [-0.25, -0.2) is 4.98 Å². The summed E-state index contributed by atoms with van der Waals surface area (Å²) in [4.78, 5) is 17.5. The standard InChI is InChI=1S/C12H14F3N3O/c1-18-6-2-3-9(18)11(19)17-10-7-8(4-5-16-10)12(13,14)15/h4-5,7,9H,2-3,6H2,1H3,(H,16,17,19). The lowest BCUT2D eigenvalue weighted by Gasteiger charge is -2.18. The lowest BCUT2D eigenvalue weighted by molar-refractivity contribution is -0.137. The van der Waals surface area contributed by atoms with Gasteiger partial charge in [0.05, 0.1) is 11.6 Å². The number of alkyl halides is 3. The summed E-state index contributed by atoms with van der Waals surface area (Å²) in [5, 5.41) is 2.44. The Hall–Kier alpha value is -1.63. The second-order valence-corrected chi connectivity index (χ2v) is 4.56. The van der Waals surface area contributed by atoms with E-state index in [1.54, 1.807) is 0 Å². The SMILES string of the molecule is CN1CCCC1C(=O)Nc1cc(C(F)(F)F)ccn1. The van der Waals surface area contributed by atoms with Crippen molar-refractivity contribution in [2.45, 2.75) is 25.1 Å². The molecular weight excluding hydrogens is 259 g/mol. The van der Waals surface area contributed by atoms with E-state index < -0.39 is 11.7 Å². The molecule has 1 fully saturated rings. The molecule has 4 nitrogen and oxygen atoms in total. The zero-order chi connectivity index (χ0) is 14.0. The topological polar surface area (TPSA) is 45.2 Å². The van der Waals surface area contributed by atoms with Crippen molar-refractivity contribution in [3.63, 3.8) is 0 Å². The molecule has 19 heavy (non-hydrogen) atoms. The quantitative estimate of drug-likeness (QED) is 0.898. The van der Waals surface area contributed by atoms with Gasteiger partial charge in [0, 0.05) is 6.20 Å². The number of aromatic nitrogens is 1. The number of hydrogen-bond donors (Lipinski definition) is 1. The molecule has 1 atom stereocenters. The molecule has 1 aromatic rings. The highest BCUT2D eigenvalue weighted by atomic mass is 19.4. The van der Waals surface area contributed by atoms with Crippen molar-refractivity contribution in [2.75, 3.05) is 18.9 Å². The smallest absolute Gasteiger partial charge is 0.309 e. The van der Waals surface area contributed by atoms with E-state index in [4.69, 9.17) is 0 Å². The number of likely N-dealkylation sites (N-methyl/N-ethyl adjacent to an activating group) is 1.